The second-order valence-corrected chi connectivity index (χ2v) is 17.7. The van der Waals surface area contributed by atoms with Gasteiger partial charge in [0.05, 0.1) is 71.5 Å². The second kappa shape index (κ2) is 24.7. The summed E-state index contributed by atoms with van der Waals surface area (Å²) in [5, 5.41) is 0. The number of H-pyrrole nitrogens is 2. The molecule has 8 bridgehead atoms. The average molecular weight is 1200 g/mol. The zero-order valence-corrected chi connectivity index (χ0v) is 43.5. The van der Waals surface area contributed by atoms with Gasteiger partial charge in [0.2, 0.25) is 46.5 Å². The van der Waals surface area contributed by atoms with Crippen molar-refractivity contribution in [2.75, 3.05) is 81.3 Å². The van der Waals surface area contributed by atoms with Crippen LogP contribution in [0.3, 0.4) is 0 Å². The first kappa shape index (κ1) is 60.0. The number of halogens is 16. The maximum atomic E-state index is 16.8. The van der Waals surface area contributed by atoms with Crippen LogP contribution in [0.1, 0.15) is 22.8 Å². The predicted octanol–water partition coefficient (Wildman–Crippen LogP) is 13.6. The molecule has 442 valence electrons. The largest absolute Gasteiger partial charge is 0.485 e. The summed E-state index contributed by atoms with van der Waals surface area (Å²) in [6.45, 7) is -4.09. The van der Waals surface area contributed by atoms with Gasteiger partial charge >= 0.3 is 0 Å². The van der Waals surface area contributed by atoms with Crippen molar-refractivity contribution >= 4 is 46.4 Å². The molecule has 84 heavy (non-hydrogen) atoms. The van der Waals surface area contributed by atoms with Gasteiger partial charge in [-0.15, -0.1) is 0 Å². The lowest BCUT2D eigenvalue weighted by atomic mass is 10.0. The zero-order valence-electron chi connectivity index (χ0n) is 43.5. The molecule has 0 fully saturated rings. The molecule has 3 aromatic heterocycles. The van der Waals surface area contributed by atoms with Crippen LogP contribution in [0.15, 0.2) is 24.3 Å². The van der Waals surface area contributed by atoms with Gasteiger partial charge in [-0.25, -0.2) is 45.1 Å². The summed E-state index contributed by atoms with van der Waals surface area (Å²) in [7, 11) is 4.63. The summed E-state index contributed by atoms with van der Waals surface area (Å²) in [6, 6.07) is 3.23. The van der Waals surface area contributed by atoms with Crippen LogP contribution in [0.2, 0.25) is 0 Å². The Hall–Kier alpha value is -8.60. The summed E-state index contributed by atoms with van der Waals surface area (Å²) >= 11 is 0. The van der Waals surface area contributed by atoms with Gasteiger partial charge in [0, 0.05) is 72.8 Å². The number of aromatic nitrogens is 4. The van der Waals surface area contributed by atoms with Crippen LogP contribution in [-0.2, 0) is 18.9 Å². The lowest BCUT2D eigenvalue weighted by Crippen LogP contribution is -2.11. The molecule has 12 nitrogen and oxygen atoms in total. The topological polar surface area (TPSA) is 131 Å². The smallest absolute Gasteiger partial charge is 0.204 e. The molecule has 0 unspecified atom stereocenters. The zero-order chi connectivity index (χ0) is 60.6. The molecule has 5 heterocycles. The van der Waals surface area contributed by atoms with Crippen molar-refractivity contribution < 1.29 is 108 Å². The Morgan fingerprint density at radius 3 is 0.607 bits per heavy atom. The number of nitrogens with one attached hydrogen (secondary N) is 2. The molecular weight excluding hydrogens is 1160 g/mol. The summed E-state index contributed by atoms with van der Waals surface area (Å²) in [6.07, 6.45) is 3.12. The van der Waals surface area contributed by atoms with E-state index in [4.69, 9.17) is 37.9 Å². The van der Waals surface area contributed by atoms with Gasteiger partial charge < -0.3 is 47.9 Å². The highest BCUT2D eigenvalue weighted by Gasteiger charge is 2.36. The second-order valence-electron chi connectivity index (χ2n) is 17.7. The maximum Gasteiger partial charge on any atom is 0.204 e. The molecule has 4 aromatic carbocycles. The Morgan fingerprint density at radius 1 is 0.262 bits per heavy atom. The normalized spacial score (nSPS) is 12.0. The van der Waals surface area contributed by atoms with Crippen LogP contribution in [0, 0.1) is 93.1 Å². The summed E-state index contributed by atoms with van der Waals surface area (Å²) < 4.78 is 302. The van der Waals surface area contributed by atoms with Crippen molar-refractivity contribution in [2.45, 2.75) is 0 Å². The number of hydrogen-bond acceptors (Lipinski definition) is 10. The van der Waals surface area contributed by atoms with Crippen LogP contribution in [0.4, 0.5) is 70.2 Å². The molecule has 0 radical (unpaired) electrons. The molecule has 0 amide bonds. The highest BCUT2D eigenvalue weighted by atomic mass is 19.2. The number of hydrogen-bond donors (Lipinski definition) is 2. The first-order valence-electron chi connectivity index (χ1n) is 24.3. The van der Waals surface area contributed by atoms with Gasteiger partial charge in [-0.3, -0.25) is 0 Å². The first-order valence-corrected chi connectivity index (χ1v) is 24.3. The number of rotatable bonds is 20. The number of fused-ring (bicyclic) bond motifs is 8. The molecule has 0 atom stereocenters. The standard InChI is InChI=1S/C56H38F16N4O8/c1-77-13-17-81-53-45(65)37(57)33(38(58)46(53)66)29-21-5-7-23(73-21)30(34-39(59)47(67)54(48(68)40(34)60)82-18-14-78-2)25-9-11-27(75-25)32(36-43(63)51(71)56(52(72)44(36)64)84-20-16-80-4)28-12-10-26(76-28)31(24-8-6-22(29)74-24)35-41(61)49(69)55(50(70)42(35)62)83-19-15-79-3/h5-12,73,76H,13-20H2,1-4H3. The molecule has 0 saturated carbocycles. The quantitative estimate of drug-likeness (QED) is 0.0432. The third kappa shape index (κ3) is 10.5. The van der Waals surface area contributed by atoms with Gasteiger partial charge in [0.1, 0.15) is 26.4 Å². The number of aromatic amines is 2. The third-order valence-corrected chi connectivity index (χ3v) is 12.8. The fourth-order valence-electron chi connectivity index (χ4n) is 9.00. The van der Waals surface area contributed by atoms with E-state index in [9.17, 15) is 0 Å². The van der Waals surface area contributed by atoms with Crippen molar-refractivity contribution in [3.8, 4) is 67.5 Å². The summed E-state index contributed by atoms with van der Waals surface area (Å²) in [5.41, 5.74) is -17.4. The van der Waals surface area contributed by atoms with Gasteiger partial charge in [-0.05, 0) is 48.6 Å². The number of methoxy groups -OCH3 is 4. The van der Waals surface area contributed by atoms with Crippen molar-refractivity contribution in [1.82, 2.24) is 19.9 Å². The highest BCUT2D eigenvalue weighted by Crippen LogP contribution is 2.47. The minimum absolute atomic E-state index is 0.355. The van der Waals surface area contributed by atoms with Crippen LogP contribution < -0.4 is 18.9 Å². The lowest BCUT2D eigenvalue weighted by molar-refractivity contribution is 0.139. The fourth-order valence-corrected chi connectivity index (χ4v) is 9.00. The number of nitrogens with zero attached hydrogens (tertiary/aromatic N) is 2. The molecule has 0 saturated heterocycles. The molecule has 7 aromatic rings. The van der Waals surface area contributed by atoms with E-state index in [1.807, 2.05) is 0 Å². The van der Waals surface area contributed by atoms with E-state index in [0.29, 0.717) is 0 Å². The van der Waals surface area contributed by atoms with Crippen molar-refractivity contribution in [3.63, 3.8) is 0 Å². The monoisotopic (exact) mass is 1200 g/mol. The van der Waals surface area contributed by atoms with Crippen LogP contribution in [-0.4, -0.2) is 101 Å². The van der Waals surface area contributed by atoms with Gasteiger partial charge in [0.15, 0.2) is 69.5 Å². The fraction of sp³-hybridized carbons (Fsp3) is 0.214. The van der Waals surface area contributed by atoms with Gasteiger partial charge in [0.25, 0.3) is 0 Å². The minimum atomic E-state index is -2.23. The van der Waals surface area contributed by atoms with Crippen molar-refractivity contribution in [1.29, 1.82) is 0 Å². The van der Waals surface area contributed by atoms with E-state index in [1.54, 1.807) is 0 Å². The Morgan fingerprint density at radius 2 is 0.440 bits per heavy atom. The maximum absolute atomic E-state index is 16.8. The molecular formula is C56H38F16N4O8. The van der Waals surface area contributed by atoms with Gasteiger partial charge in [-0.2, -0.15) is 35.1 Å². The molecule has 2 aliphatic rings. The third-order valence-electron chi connectivity index (χ3n) is 12.8. The predicted molar refractivity (Wildman–Crippen MR) is 269 cm³/mol. The highest BCUT2D eigenvalue weighted by molar-refractivity contribution is 6.00. The number of ether oxygens (including phenoxy) is 8. The van der Waals surface area contributed by atoms with E-state index in [-0.39, 0.29) is 26.4 Å². The summed E-state index contributed by atoms with van der Waals surface area (Å²) in [4.78, 5) is 13.5. The SMILES string of the molecule is COCCOc1c(F)c(F)c(-c2c3nc(c(-c4c(F)c(F)c(OCCOC)c(F)c4F)c4ccc([nH]4)c(-c4c(F)c(F)c(OCCOC)c(F)c4F)c4nc(c(-c5c(F)c(F)c(OCCOC)c(F)c5F)c5ccc2[nH]5)C=C4)C=C3)c(F)c1F. The molecule has 2 aliphatic heterocycles. The molecule has 28 heteroatoms. The Kier molecular flexibility index (Phi) is 17.6. The minimum Gasteiger partial charge on any atom is -0.485 e. The van der Waals surface area contributed by atoms with Gasteiger partial charge in [-0.1, -0.05) is 0 Å². The molecule has 0 spiro atoms. The Bertz CT molecular complexity index is 3420. The average Bonchev–Trinajstić information content (AvgIpc) is 2.73. The van der Waals surface area contributed by atoms with E-state index < -0.39 is 232 Å². The van der Waals surface area contributed by atoms with E-state index in [1.165, 1.54) is 0 Å². The number of benzene rings is 4. The van der Waals surface area contributed by atoms with Crippen molar-refractivity contribution in [3.05, 3.63) is 140 Å². The first-order chi connectivity index (χ1) is 40.2. The summed E-state index contributed by atoms with van der Waals surface area (Å²) in [5.74, 6) is -41.6. The van der Waals surface area contributed by atoms with E-state index >= 15 is 70.2 Å². The van der Waals surface area contributed by atoms with Crippen LogP contribution in [0.5, 0.6) is 23.0 Å². The van der Waals surface area contributed by atoms with E-state index in [2.05, 4.69) is 19.9 Å². The molecule has 0 aliphatic carbocycles. The van der Waals surface area contributed by atoms with Crippen molar-refractivity contribution in [2.24, 2.45) is 0 Å². The molecule has 2 N–H and O–H groups in total. The van der Waals surface area contributed by atoms with Crippen LogP contribution >= 0.6 is 0 Å². The van der Waals surface area contributed by atoms with Crippen LogP contribution in [0.25, 0.3) is 90.9 Å². The lowest BCUT2D eigenvalue weighted by Gasteiger charge is -2.15. The Labute approximate surface area is 462 Å². The Balaban J connectivity index is 1.52. The van der Waals surface area contributed by atoms with E-state index in [0.717, 1.165) is 77.0 Å². The molecule has 9 rings (SSSR count).